The van der Waals surface area contributed by atoms with Crippen LogP contribution in [0.1, 0.15) is 18.1 Å². The molecule has 90 valence electrons. The van der Waals surface area contributed by atoms with Crippen LogP contribution in [0, 0.1) is 0 Å². The maximum atomic E-state index is 11.3. The molecule has 0 heterocycles. The fourth-order valence-electron chi connectivity index (χ4n) is 1.55. The number of amides is 1. The van der Waals surface area contributed by atoms with E-state index in [-0.39, 0.29) is 5.91 Å². The fourth-order valence-corrected chi connectivity index (χ4v) is 1.55. The van der Waals surface area contributed by atoms with Crippen molar-refractivity contribution >= 4 is 17.7 Å². The van der Waals surface area contributed by atoms with Gasteiger partial charge in [-0.1, -0.05) is 25.6 Å². The van der Waals surface area contributed by atoms with E-state index in [1.165, 1.54) is 6.08 Å². The molecule has 3 heteroatoms. The highest BCUT2D eigenvalue weighted by Crippen LogP contribution is 2.22. The van der Waals surface area contributed by atoms with Crippen LogP contribution in [0.2, 0.25) is 0 Å². The number of aryl methyl sites for hydroxylation is 1. The standard InChI is InChI=1S/C14H17NO2/c1-4-11-7-6-8-13(15-14(16)5-2)12(11)9-10-17-3/h5-10H,2,4H2,1,3H3,(H,15,16)/b10-9-. The lowest BCUT2D eigenvalue weighted by Gasteiger charge is -2.10. The van der Waals surface area contributed by atoms with E-state index in [1.807, 2.05) is 24.3 Å². The normalized spacial score (nSPS) is 10.2. The van der Waals surface area contributed by atoms with Crippen LogP contribution in [-0.2, 0) is 16.0 Å². The van der Waals surface area contributed by atoms with Gasteiger partial charge in [0.25, 0.3) is 0 Å². The smallest absolute Gasteiger partial charge is 0.247 e. The van der Waals surface area contributed by atoms with Gasteiger partial charge in [0.1, 0.15) is 0 Å². The van der Waals surface area contributed by atoms with Crippen LogP contribution in [0.25, 0.3) is 6.08 Å². The lowest BCUT2D eigenvalue weighted by atomic mass is 10.0. The summed E-state index contributed by atoms with van der Waals surface area (Å²) in [5, 5.41) is 2.78. The van der Waals surface area contributed by atoms with E-state index >= 15 is 0 Å². The molecule has 1 aromatic rings. The number of anilines is 1. The molecule has 0 aromatic heterocycles. The lowest BCUT2D eigenvalue weighted by molar-refractivity contribution is -0.111. The van der Waals surface area contributed by atoms with Crippen LogP contribution < -0.4 is 5.32 Å². The molecule has 0 atom stereocenters. The topological polar surface area (TPSA) is 38.3 Å². The Balaban J connectivity index is 3.13. The van der Waals surface area contributed by atoms with E-state index in [2.05, 4.69) is 18.8 Å². The monoisotopic (exact) mass is 231 g/mol. The Hall–Kier alpha value is -2.03. The van der Waals surface area contributed by atoms with Gasteiger partial charge in [0.15, 0.2) is 0 Å². The van der Waals surface area contributed by atoms with Crippen molar-refractivity contribution in [3.05, 3.63) is 48.2 Å². The molecule has 0 saturated heterocycles. The highest BCUT2D eigenvalue weighted by atomic mass is 16.5. The largest absolute Gasteiger partial charge is 0.504 e. The molecule has 0 unspecified atom stereocenters. The van der Waals surface area contributed by atoms with Gasteiger partial charge in [0, 0.05) is 11.3 Å². The molecule has 0 fully saturated rings. The van der Waals surface area contributed by atoms with E-state index < -0.39 is 0 Å². The van der Waals surface area contributed by atoms with Gasteiger partial charge < -0.3 is 10.1 Å². The number of hydrogen-bond donors (Lipinski definition) is 1. The summed E-state index contributed by atoms with van der Waals surface area (Å²) in [5.41, 5.74) is 2.88. The fraction of sp³-hybridized carbons (Fsp3) is 0.214. The Morgan fingerprint density at radius 2 is 2.29 bits per heavy atom. The van der Waals surface area contributed by atoms with E-state index in [4.69, 9.17) is 4.74 Å². The molecule has 17 heavy (non-hydrogen) atoms. The van der Waals surface area contributed by atoms with Crippen molar-refractivity contribution in [2.24, 2.45) is 0 Å². The molecule has 0 aliphatic carbocycles. The number of carbonyl (C=O) groups excluding carboxylic acids is 1. The molecule has 1 N–H and O–H groups in total. The summed E-state index contributed by atoms with van der Waals surface area (Å²) >= 11 is 0. The molecule has 0 aliphatic heterocycles. The van der Waals surface area contributed by atoms with Crippen molar-refractivity contribution in [2.75, 3.05) is 12.4 Å². The second kappa shape index (κ2) is 6.53. The summed E-state index contributed by atoms with van der Waals surface area (Å²) in [6, 6.07) is 5.80. The Morgan fingerprint density at radius 3 is 2.88 bits per heavy atom. The minimum absolute atomic E-state index is 0.217. The van der Waals surface area contributed by atoms with Gasteiger partial charge in [-0.25, -0.2) is 0 Å². The average molecular weight is 231 g/mol. The zero-order valence-corrected chi connectivity index (χ0v) is 10.2. The van der Waals surface area contributed by atoms with E-state index in [9.17, 15) is 4.79 Å². The highest BCUT2D eigenvalue weighted by Gasteiger charge is 2.06. The van der Waals surface area contributed by atoms with Crippen molar-refractivity contribution in [3.63, 3.8) is 0 Å². The van der Waals surface area contributed by atoms with E-state index in [1.54, 1.807) is 13.4 Å². The maximum absolute atomic E-state index is 11.3. The third-order valence-electron chi connectivity index (χ3n) is 2.39. The van der Waals surface area contributed by atoms with E-state index in [0.29, 0.717) is 0 Å². The number of methoxy groups -OCH3 is 1. The Labute approximate surface area is 102 Å². The van der Waals surface area contributed by atoms with Gasteiger partial charge >= 0.3 is 0 Å². The number of carbonyl (C=O) groups is 1. The summed E-state index contributed by atoms with van der Waals surface area (Å²) in [6.07, 6.45) is 5.58. The molecule has 3 nitrogen and oxygen atoms in total. The van der Waals surface area contributed by atoms with Gasteiger partial charge in [0.05, 0.1) is 13.4 Å². The molecule has 1 rings (SSSR count). The van der Waals surface area contributed by atoms with Crippen LogP contribution in [0.4, 0.5) is 5.69 Å². The highest BCUT2D eigenvalue weighted by molar-refractivity contribution is 6.00. The number of benzene rings is 1. The van der Waals surface area contributed by atoms with Crippen LogP contribution in [-0.4, -0.2) is 13.0 Å². The quantitative estimate of drug-likeness (QED) is 0.625. The van der Waals surface area contributed by atoms with Crippen LogP contribution in [0.3, 0.4) is 0 Å². The molecule has 0 radical (unpaired) electrons. The number of ether oxygens (including phenoxy) is 1. The van der Waals surface area contributed by atoms with Crippen molar-refractivity contribution in [3.8, 4) is 0 Å². The minimum Gasteiger partial charge on any atom is -0.504 e. The summed E-state index contributed by atoms with van der Waals surface area (Å²) < 4.78 is 4.92. The average Bonchev–Trinajstić information content (AvgIpc) is 2.36. The summed E-state index contributed by atoms with van der Waals surface area (Å²) in [6.45, 7) is 5.50. The Kier molecular flexibility index (Phi) is 5.01. The molecular formula is C14H17NO2. The first-order chi connectivity index (χ1) is 8.22. The molecule has 0 bridgehead atoms. The number of nitrogens with one attached hydrogen (secondary N) is 1. The molecule has 0 spiro atoms. The van der Waals surface area contributed by atoms with Gasteiger partial charge in [0.2, 0.25) is 5.91 Å². The minimum atomic E-state index is -0.217. The van der Waals surface area contributed by atoms with Crippen molar-refractivity contribution in [2.45, 2.75) is 13.3 Å². The SMILES string of the molecule is C=CC(=O)Nc1cccc(CC)c1/C=C\OC. The molecule has 1 aromatic carbocycles. The number of rotatable bonds is 5. The summed E-state index contributed by atoms with van der Waals surface area (Å²) in [7, 11) is 1.59. The van der Waals surface area contributed by atoms with Gasteiger partial charge in [-0.15, -0.1) is 0 Å². The zero-order chi connectivity index (χ0) is 12.7. The molecule has 0 saturated carbocycles. The zero-order valence-electron chi connectivity index (χ0n) is 10.2. The number of hydrogen-bond acceptors (Lipinski definition) is 2. The van der Waals surface area contributed by atoms with Crippen molar-refractivity contribution < 1.29 is 9.53 Å². The van der Waals surface area contributed by atoms with Crippen LogP contribution in [0.15, 0.2) is 37.1 Å². The van der Waals surface area contributed by atoms with Gasteiger partial charge in [-0.3, -0.25) is 4.79 Å². The first-order valence-electron chi connectivity index (χ1n) is 5.47. The summed E-state index contributed by atoms with van der Waals surface area (Å²) in [4.78, 5) is 11.3. The second-order valence-electron chi connectivity index (χ2n) is 3.46. The first kappa shape index (κ1) is 13.0. The summed E-state index contributed by atoms with van der Waals surface area (Å²) in [5.74, 6) is -0.217. The third kappa shape index (κ3) is 3.48. The Morgan fingerprint density at radius 1 is 1.53 bits per heavy atom. The Bertz CT molecular complexity index is 436. The third-order valence-corrected chi connectivity index (χ3v) is 2.39. The maximum Gasteiger partial charge on any atom is 0.247 e. The molecular weight excluding hydrogens is 214 g/mol. The predicted molar refractivity (Wildman–Crippen MR) is 70.7 cm³/mol. The van der Waals surface area contributed by atoms with Crippen LogP contribution in [0.5, 0.6) is 0 Å². The van der Waals surface area contributed by atoms with E-state index in [0.717, 1.165) is 23.2 Å². The van der Waals surface area contributed by atoms with Crippen molar-refractivity contribution in [1.29, 1.82) is 0 Å². The van der Waals surface area contributed by atoms with Gasteiger partial charge in [-0.05, 0) is 30.2 Å². The predicted octanol–water partition coefficient (Wildman–Crippen LogP) is 2.99. The second-order valence-corrected chi connectivity index (χ2v) is 3.46. The lowest BCUT2D eigenvalue weighted by Crippen LogP contribution is -2.09. The molecule has 0 aliphatic rings. The van der Waals surface area contributed by atoms with Crippen molar-refractivity contribution in [1.82, 2.24) is 0 Å². The van der Waals surface area contributed by atoms with Crippen LogP contribution >= 0.6 is 0 Å². The molecule has 1 amide bonds. The van der Waals surface area contributed by atoms with Gasteiger partial charge in [-0.2, -0.15) is 0 Å². The first-order valence-corrected chi connectivity index (χ1v) is 5.47.